The Morgan fingerprint density at radius 3 is 2.50 bits per heavy atom. The van der Waals surface area contributed by atoms with Crippen LogP contribution in [0.25, 0.3) is 0 Å². The second kappa shape index (κ2) is 5.76. The molecule has 4 rings (SSSR count). The van der Waals surface area contributed by atoms with Crippen LogP contribution < -0.4 is 0 Å². The molecule has 2 aromatic carbocycles. The minimum atomic E-state index is -0.561. The van der Waals surface area contributed by atoms with Crippen molar-refractivity contribution in [1.82, 2.24) is 9.55 Å². The number of ether oxygens (including phenoxy) is 1. The smallest absolute Gasteiger partial charge is 0.174 e. The standard InChI is InChI=1S/C20H19ClN2O/c1-14(2)15-7-9-16(10-8-15)20(17-5-3-4-6-18(17)21)19(24-20)23-12-11-22-13-23/h3-14,19H,1-2H3. The van der Waals surface area contributed by atoms with Gasteiger partial charge in [-0.25, -0.2) is 4.98 Å². The number of rotatable bonds is 4. The predicted octanol–water partition coefficient (Wildman–Crippen LogP) is 5.13. The van der Waals surface area contributed by atoms with Crippen LogP contribution in [0, 0.1) is 0 Å². The molecule has 1 saturated heterocycles. The van der Waals surface area contributed by atoms with Crippen molar-refractivity contribution in [3.05, 3.63) is 89.0 Å². The third kappa shape index (κ3) is 2.36. The van der Waals surface area contributed by atoms with Crippen LogP contribution in [0.1, 0.15) is 42.7 Å². The number of epoxide rings is 1. The molecule has 0 aliphatic carbocycles. The number of nitrogens with zero attached hydrogens (tertiary/aromatic N) is 2. The van der Waals surface area contributed by atoms with Crippen LogP contribution in [0.3, 0.4) is 0 Å². The summed E-state index contributed by atoms with van der Waals surface area (Å²) in [5.41, 5.74) is 2.85. The number of halogens is 1. The van der Waals surface area contributed by atoms with Gasteiger partial charge in [-0.3, -0.25) is 0 Å². The first-order chi connectivity index (χ1) is 11.6. The largest absolute Gasteiger partial charge is 0.333 e. The second-order valence-corrected chi connectivity index (χ2v) is 6.88. The summed E-state index contributed by atoms with van der Waals surface area (Å²) in [7, 11) is 0. The van der Waals surface area contributed by atoms with Gasteiger partial charge in [-0.2, -0.15) is 0 Å². The minimum Gasteiger partial charge on any atom is -0.333 e. The van der Waals surface area contributed by atoms with Crippen LogP contribution in [0.15, 0.2) is 67.3 Å². The first-order valence-corrected chi connectivity index (χ1v) is 8.51. The second-order valence-electron chi connectivity index (χ2n) is 6.47. The Hall–Kier alpha value is -2.10. The zero-order valence-corrected chi connectivity index (χ0v) is 14.4. The summed E-state index contributed by atoms with van der Waals surface area (Å²) in [5, 5.41) is 0.716. The van der Waals surface area contributed by atoms with E-state index in [1.807, 2.05) is 35.0 Å². The lowest BCUT2D eigenvalue weighted by molar-refractivity contribution is 0.304. The van der Waals surface area contributed by atoms with Gasteiger partial charge in [0, 0.05) is 23.0 Å². The maximum atomic E-state index is 6.50. The molecule has 3 aromatic rings. The van der Waals surface area contributed by atoms with Crippen molar-refractivity contribution in [3.8, 4) is 0 Å². The molecular formula is C20H19ClN2O. The minimum absolute atomic E-state index is 0.134. The van der Waals surface area contributed by atoms with E-state index in [-0.39, 0.29) is 6.23 Å². The first kappa shape index (κ1) is 15.4. The predicted molar refractivity (Wildman–Crippen MR) is 95.1 cm³/mol. The van der Waals surface area contributed by atoms with Crippen molar-refractivity contribution in [2.75, 3.05) is 0 Å². The summed E-state index contributed by atoms with van der Waals surface area (Å²) in [6.45, 7) is 4.39. The summed E-state index contributed by atoms with van der Waals surface area (Å²) in [5.74, 6) is 0.500. The summed E-state index contributed by atoms with van der Waals surface area (Å²) < 4.78 is 8.23. The summed E-state index contributed by atoms with van der Waals surface area (Å²) in [6.07, 6.45) is 5.34. The van der Waals surface area contributed by atoms with E-state index in [4.69, 9.17) is 16.3 Å². The fourth-order valence-electron chi connectivity index (χ4n) is 3.26. The molecule has 0 N–H and O–H groups in total. The van der Waals surface area contributed by atoms with E-state index in [2.05, 4.69) is 43.1 Å². The Kier molecular flexibility index (Phi) is 3.70. The van der Waals surface area contributed by atoms with E-state index < -0.39 is 5.60 Å². The molecule has 0 amide bonds. The van der Waals surface area contributed by atoms with Crippen LogP contribution in [0.2, 0.25) is 5.02 Å². The van der Waals surface area contributed by atoms with E-state index in [0.29, 0.717) is 10.9 Å². The highest BCUT2D eigenvalue weighted by molar-refractivity contribution is 6.31. The summed E-state index contributed by atoms with van der Waals surface area (Å²) in [4.78, 5) is 4.15. The van der Waals surface area contributed by atoms with Crippen molar-refractivity contribution < 1.29 is 4.74 Å². The third-order valence-corrected chi connectivity index (χ3v) is 4.99. The quantitative estimate of drug-likeness (QED) is 0.617. The average Bonchev–Trinajstić information content (AvgIpc) is 3.10. The lowest BCUT2D eigenvalue weighted by Crippen LogP contribution is -2.15. The molecule has 0 radical (unpaired) electrons. The number of benzene rings is 2. The number of imidazole rings is 1. The topological polar surface area (TPSA) is 30.4 Å². The normalized spacial score (nSPS) is 22.8. The lowest BCUT2D eigenvalue weighted by atomic mass is 9.88. The van der Waals surface area contributed by atoms with Gasteiger partial charge in [0.2, 0.25) is 0 Å². The molecule has 2 heterocycles. The van der Waals surface area contributed by atoms with Crippen molar-refractivity contribution >= 4 is 11.6 Å². The van der Waals surface area contributed by atoms with Gasteiger partial charge in [-0.15, -0.1) is 0 Å². The summed E-state index contributed by atoms with van der Waals surface area (Å²) >= 11 is 6.50. The van der Waals surface area contributed by atoms with Crippen molar-refractivity contribution in [1.29, 1.82) is 0 Å². The van der Waals surface area contributed by atoms with Crippen LogP contribution in [-0.4, -0.2) is 9.55 Å². The molecule has 4 heteroatoms. The molecule has 122 valence electrons. The Bertz CT molecular complexity index is 842. The molecule has 3 nitrogen and oxygen atoms in total. The van der Waals surface area contributed by atoms with Crippen LogP contribution in [-0.2, 0) is 10.3 Å². The Morgan fingerprint density at radius 1 is 1.12 bits per heavy atom. The van der Waals surface area contributed by atoms with Crippen LogP contribution >= 0.6 is 11.6 Å². The molecular weight excluding hydrogens is 320 g/mol. The molecule has 1 aliphatic rings. The zero-order chi connectivity index (χ0) is 16.7. The first-order valence-electron chi connectivity index (χ1n) is 8.13. The van der Waals surface area contributed by atoms with Crippen molar-refractivity contribution in [2.24, 2.45) is 0 Å². The molecule has 0 saturated carbocycles. The van der Waals surface area contributed by atoms with Gasteiger partial charge in [-0.05, 0) is 23.1 Å². The lowest BCUT2D eigenvalue weighted by Gasteiger charge is -2.17. The van der Waals surface area contributed by atoms with Crippen LogP contribution in [0.4, 0.5) is 0 Å². The zero-order valence-electron chi connectivity index (χ0n) is 13.7. The van der Waals surface area contributed by atoms with E-state index in [1.165, 1.54) is 5.56 Å². The number of hydrogen-bond acceptors (Lipinski definition) is 2. The molecule has 1 aromatic heterocycles. The highest BCUT2D eigenvalue weighted by Gasteiger charge is 2.61. The Balaban J connectivity index is 1.82. The molecule has 1 aliphatic heterocycles. The third-order valence-electron chi connectivity index (χ3n) is 4.66. The molecule has 24 heavy (non-hydrogen) atoms. The van der Waals surface area contributed by atoms with Gasteiger partial charge in [0.1, 0.15) is 0 Å². The Labute approximate surface area is 146 Å². The molecule has 0 bridgehead atoms. The SMILES string of the molecule is CC(C)c1ccc(C2(c3ccccc3Cl)OC2n2ccnc2)cc1. The average molecular weight is 339 g/mol. The van der Waals surface area contributed by atoms with E-state index in [0.717, 1.165) is 11.1 Å². The highest BCUT2D eigenvalue weighted by atomic mass is 35.5. The molecule has 1 fully saturated rings. The van der Waals surface area contributed by atoms with E-state index in [9.17, 15) is 0 Å². The maximum Gasteiger partial charge on any atom is 0.174 e. The van der Waals surface area contributed by atoms with E-state index in [1.54, 1.807) is 12.5 Å². The van der Waals surface area contributed by atoms with Gasteiger partial charge < -0.3 is 9.30 Å². The monoisotopic (exact) mass is 338 g/mol. The molecule has 2 atom stereocenters. The van der Waals surface area contributed by atoms with Gasteiger partial charge >= 0.3 is 0 Å². The van der Waals surface area contributed by atoms with Gasteiger partial charge in [0.05, 0.1) is 6.33 Å². The maximum absolute atomic E-state index is 6.50. The van der Waals surface area contributed by atoms with Crippen molar-refractivity contribution in [3.63, 3.8) is 0 Å². The highest BCUT2D eigenvalue weighted by Crippen LogP contribution is 2.59. The Morgan fingerprint density at radius 2 is 1.88 bits per heavy atom. The van der Waals surface area contributed by atoms with Crippen LogP contribution in [0.5, 0.6) is 0 Å². The fraction of sp³-hybridized carbons (Fsp3) is 0.250. The number of hydrogen-bond donors (Lipinski definition) is 0. The van der Waals surface area contributed by atoms with Gasteiger partial charge in [-0.1, -0.05) is 67.9 Å². The fourth-order valence-corrected chi connectivity index (χ4v) is 3.54. The van der Waals surface area contributed by atoms with Gasteiger partial charge in [0.25, 0.3) is 0 Å². The van der Waals surface area contributed by atoms with Gasteiger partial charge in [0.15, 0.2) is 11.8 Å². The summed E-state index contributed by atoms with van der Waals surface area (Å²) in [6, 6.07) is 16.5. The molecule has 0 spiro atoms. The van der Waals surface area contributed by atoms with E-state index >= 15 is 0 Å². The number of aromatic nitrogens is 2. The molecule has 2 unspecified atom stereocenters. The van der Waals surface area contributed by atoms with Crippen molar-refractivity contribution in [2.45, 2.75) is 31.6 Å².